The van der Waals surface area contributed by atoms with Crippen LogP contribution in [-0.2, 0) is 26.7 Å². The summed E-state index contributed by atoms with van der Waals surface area (Å²) in [4.78, 5) is 19.5. The summed E-state index contributed by atoms with van der Waals surface area (Å²) in [6, 6.07) is 0. The Morgan fingerprint density at radius 2 is 1.08 bits per heavy atom. The molecule has 0 aromatic carbocycles. The third kappa shape index (κ3) is 5.05. The van der Waals surface area contributed by atoms with Crippen LogP contribution in [0.4, 0.5) is 0 Å². The van der Waals surface area contributed by atoms with Crippen molar-refractivity contribution in [3.63, 3.8) is 0 Å². The molecule has 0 saturated heterocycles. The summed E-state index contributed by atoms with van der Waals surface area (Å²) in [5.41, 5.74) is 0. The van der Waals surface area contributed by atoms with E-state index in [2.05, 4.69) is 0 Å². The third-order valence-electron chi connectivity index (χ3n) is 0.805. The van der Waals surface area contributed by atoms with Crippen LogP contribution in [0.3, 0.4) is 0 Å². The third-order valence-corrected chi connectivity index (χ3v) is 0.805. The first-order valence-corrected chi connectivity index (χ1v) is 2.28. The fraction of sp³-hybridized carbons (Fsp3) is 0.500. The van der Waals surface area contributed by atoms with E-state index in [0.29, 0.717) is 0 Å². The summed E-state index contributed by atoms with van der Waals surface area (Å²) in [6.45, 7) is 0. The molecule has 0 bridgehead atoms. The number of aliphatic hydroxyl groups is 2. The van der Waals surface area contributed by atoms with Crippen LogP contribution in [0.5, 0.6) is 0 Å². The van der Waals surface area contributed by atoms with Gasteiger partial charge in [-0.25, -0.2) is 9.59 Å². The van der Waals surface area contributed by atoms with Crippen molar-refractivity contribution in [2.45, 2.75) is 12.2 Å². The van der Waals surface area contributed by atoms with Crippen LogP contribution in [0, 0.1) is 0 Å². The van der Waals surface area contributed by atoms with Crippen molar-refractivity contribution in [3.05, 3.63) is 0 Å². The monoisotopic (exact) mass is 223 g/mol. The molecule has 6 N–H and O–H groups in total. The van der Waals surface area contributed by atoms with Crippen molar-refractivity contribution >= 4 is 11.9 Å². The molecule has 0 aromatic rings. The van der Waals surface area contributed by atoms with Crippen molar-refractivity contribution in [3.8, 4) is 0 Å². The Kier molecular flexibility index (Phi) is 10.2. The number of carboxylic acid groups (broad SMARTS) is 2. The minimum atomic E-state index is -2.27. The topological polar surface area (TPSA) is 147 Å². The minimum absolute atomic E-state index is 0. The van der Waals surface area contributed by atoms with Gasteiger partial charge in [0.25, 0.3) is 0 Å². The Labute approximate surface area is 77.4 Å². The van der Waals surface area contributed by atoms with Gasteiger partial charge in [0.1, 0.15) is 0 Å². The van der Waals surface area contributed by atoms with Crippen molar-refractivity contribution in [1.29, 1.82) is 0 Å². The van der Waals surface area contributed by atoms with Gasteiger partial charge in [-0.1, -0.05) is 0 Å². The van der Waals surface area contributed by atoms with Crippen LogP contribution >= 0.6 is 0 Å². The molecule has 0 aliphatic carbocycles. The van der Waals surface area contributed by atoms with Gasteiger partial charge in [0.15, 0.2) is 12.2 Å². The number of hydrogen-bond donors (Lipinski definition) is 4. The Morgan fingerprint density at radius 3 is 1.17 bits per heavy atom. The van der Waals surface area contributed by atoms with Crippen LogP contribution in [-0.4, -0.2) is 50.0 Å². The van der Waals surface area contributed by atoms with Crippen molar-refractivity contribution < 1.29 is 52.6 Å². The summed E-state index contributed by atoms with van der Waals surface area (Å²) in [5, 5.41) is 32.5. The van der Waals surface area contributed by atoms with Crippen LogP contribution < -0.4 is 0 Å². The van der Waals surface area contributed by atoms with Crippen LogP contribution in [0.1, 0.15) is 0 Å². The molecule has 2 unspecified atom stereocenters. The van der Waals surface area contributed by atoms with Gasteiger partial charge >= 0.3 is 11.9 Å². The zero-order valence-electron chi connectivity index (χ0n) is 5.64. The first-order chi connectivity index (χ1) is 4.46. The zero-order valence-corrected chi connectivity index (χ0v) is 6.82. The molecular formula is C4H8MnO7. The Hall–Kier alpha value is -0.661. The molecule has 73 valence electrons. The Morgan fingerprint density at radius 1 is 0.917 bits per heavy atom. The van der Waals surface area contributed by atoms with E-state index < -0.39 is 24.1 Å². The van der Waals surface area contributed by atoms with E-state index in [1.54, 1.807) is 0 Å². The SMILES string of the molecule is O.O=C(O)C(O)C(O)C(=O)O.[Mn]. The molecule has 0 heterocycles. The summed E-state index contributed by atoms with van der Waals surface area (Å²) in [6.07, 6.45) is -4.53. The summed E-state index contributed by atoms with van der Waals surface area (Å²) in [5.74, 6) is -3.54. The van der Waals surface area contributed by atoms with E-state index in [-0.39, 0.29) is 22.5 Å². The predicted octanol–water partition coefficient (Wildman–Crippen LogP) is -2.95. The van der Waals surface area contributed by atoms with Gasteiger partial charge in [0.2, 0.25) is 0 Å². The van der Waals surface area contributed by atoms with Crippen LogP contribution in [0.2, 0.25) is 0 Å². The second kappa shape index (κ2) is 7.01. The van der Waals surface area contributed by atoms with Gasteiger partial charge < -0.3 is 25.9 Å². The van der Waals surface area contributed by atoms with Gasteiger partial charge in [0, 0.05) is 17.1 Å². The Bertz CT molecular complexity index is 139. The molecule has 8 heteroatoms. The molecule has 0 aliphatic rings. The second-order valence-electron chi connectivity index (χ2n) is 1.57. The quantitative estimate of drug-likeness (QED) is 0.376. The first kappa shape index (κ1) is 17.4. The van der Waals surface area contributed by atoms with Crippen molar-refractivity contribution in [1.82, 2.24) is 0 Å². The average molecular weight is 223 g/mol. The molecule has 0 fully saturated rings. The fourth-order valence-electron chi connectivity index (χ4n) is 0.270. The second-order valence-corrected chi connectivity index (χ2v) is 1.57. The van der Waals surface area contributed by atoms with E-state index in [4.69, 9.17) is 20.4 Å². The molecule has 0 amide bonds. The molecule has 0 spiro atoms. The van der Waals surface area contributed by atoms with Crippen molar-refractivity contribution in [2.24, 2.45) is 0 Å². The van der Waals surface area contributed by atoms with Gasteiger partial charge in [-0.2, -0.15) is 0 Å². The standard InChI is InChI=1S/C4H6O6.Mn.H2O/c5-1(3(7)8)2(6)4(9)10;;/h1-2,5-6H,(H,7,8)(H,9,10);;1H2. The largest absolute Gasteiger partial charge is 0.479 e. The number of hydrogen-bond acceptors (Lipinski definition) is 4. The number of aliphatic carboxylic acids is 2. The molecule has 12 heavy (non-hydrogen) atoms. The maximum Gasteiger partial charge on any atom is 0.335 e. The van der Waals surface area contributed by atoms with E-state index >= 15 is 0 Å². The van der Waals surface area contributed by atoms with Gasteiger partial charge in [-0.05, 0) is 0 Å². The molecular weight excluding hydrogens is 215 g/mol. The molecule has 0 aromatic heterocycles. The van der Waals surface area contributed by atoms with E-state index in [1.165, 1.54) is 0 Å². The normalized spacial score (nSPS) is 13.2. The number of carbonyl (C=O) groups is 2. The molecule has 0 rings (SSSR count). The number of carboxylic acids is 2. The number of aliphatic hydroxyl groups excluding tert-OH is 2. The molecule has 0 saturated carbocycles. The fourth-order valence-corrected chi connectivity index (χ4v) is 0.270. The summed E-state index contributed by atoms with van der Waals surface area (Å²) < 4.78 is 0. The predicted molar refractivity (Wildman–Crippen MR) is 30.9 cm³/mol. The van der Waals surface area contributed by atoms with E-state index in [0.717, 1.165) is 0 Å². The maximum atomic E-state index is 9.77. The van der Waals surface area contributed by atoms with Crippen LogP contribution in [0.15, 0.2) is 0 Å². The average Bonchev–Trinajstić information content (AvgIpc) is 1.84. The van der Waals surface area contributed by atoms with E-state index in [1.807, 2.05) is 0 Å². The molecule has 0 aliphatic heterocycles. The number of rotatable bonds is 3. The van der Waals surface area contributed by atoms with E-state index in [9.17, 15) is 9.59 Å². The zero-order chi connectivity index (χ0) is 8.31. The summed E-state index contributed by atoms with van der Waals surface area (Å²) in [7, 11) is 0. The van der Waals surface area contributed by atoms with Crippen LogP contribution in [0.25, 0.3) is 0 Å². The van der Waals surface area contributed by atoms with Crippen molar-refractivity contribution in [2.75, 3.05) is 0 Å². The molecule has 2 atom stereocenters. The summed E-state index contributed by atoms with van der Waals surface area (Å²) >= 11 is 0. The minimum Gasteiger partial charge on any atom is -0.479 e. The Balaban J connectivity index is -0.000000405. The molecule has 7 nitrogen and oxygen atoms in total. The maximum absolute atomic E-state index is 9.77. The van der Waals surface area contributed by atoms with Gasteiger partial charge in [-0.3, -0.25) is 0 Å². The van der Waals surface area contributed by atoms with Gasteiger partial charge in [-0.15, -0.1) is 0 Å². The van der Waals surface area contributed by atoms with Gasteiger partial charge in [0.05, 0.1) is 0 Å². The molecule has 1 radical (unpaired) electrons. The smallest absolute Gasteiger partial charge is 0.335 e. The first-order valence-electron chi connectivity index (χ1n) is 2.28.